The Balaban J connectivity index is 0. The molecule has 1 rings (SSSR count). The van der Waals surface area contributed by atoms with Gasteiger partial charge in [-0.05, 0) is 0 Å². The molecule has 0 spiro atoms. The van der Waals surface area contributed by atoms with Gasteiger partial charge in [0.2, 0.25) is 0 Å². The van der Waals surface area contributed by atoms with E-state index in [1.54, 1.807) is 18.7 Å². The largest absolute Gasteiger partial charge is 1.00 e. The van der Waals surface area contributed by atoms with Gasteiger partial charge < -0.3 is 17.4 Å². The van der Waals surface area contributed by atoms with Crippen LogP contribution in [0.15, 0.2) is 18.7 Å². The van der Waals surface area contributed by atoms with Crippen molar-refractivity contribution in [2.45, 2.75) is 0 Å². The van der Waals surface area contributed by atoms with Crippen molar-refractivity contribution in [2.24, 2.45) is 0 Å². The Kier molecular flexibility index (Phi) is 8.85. The third kappa shape index (κ3) is 3.94. The molecule has 0 bridgehead atoms. The number of nitrogens with one attached hydrogen (secondary N) is 1. The number of hydrogen-bond donors (Lipinski definition) is 1. The van der Waals surface area contributed by atoms with Crippen molar-refractivity contribution in [3.8, 4) is 0 Å². The summed E-state index contributed by atoms with van der Waals surface area (Å²) >= 11 is 0. The van der Waals surface area contributed by atoms with E-state index in [0.29, 0.717) is 0 Å². The third-order valence-electron chi connectivity index (χ3n) is 0.406. The number of rotatable bonds is 0. The first-order valence-corrected chi connectivity index (χ1v) is 1.43. The maximum Gasteiger partial charge on any atom is 1.00 e. The zero-order valence-corrected chi connectivity index (χ0v) is 4.81. The van der Waals surface area contributed by atoms with Gasteiger partial charge in [-0.15, -0.1) is 0 Å². The second-order valence-corrected chi connectivity index (χ2v) is 0.761. The zero-order valence-electron chi connectivity index (χ0n) is 4.06. The van der Waals surface area contributed by atoms with Crippen LogP contribution in [-0.2, 0) is 0 Å². The smallest absolute Gasteiger partial charge is 1.00 e. The van der Waals surface area contributed by atoms with E-state index >= 15 is 0 Å². The van der Waals surface area contributed by atoms with Gasteiger partial charge in [-0.2, -0.15) is 0 Å². The third-order valence-corrected chi connectivity index (χ3v) is 0.406. The van der Waals surface area contributed by atoms with Crippen molar-refractivity contribution in [2.75, 3.05) is 0 Å². The Morgan fingerprint density at radius 2 is 2.14 bits per heavy atom. The Morgan fingerprint density at radius 3 is 2.29 bits per heavy atom. The maximum absolute atomic E-state index is 3.67. The van der Waals surface area contributed by atoms with E-state index in [1.807, 2.05) is 0 Å². The van der Waals surface area contributed by atoms with Crippen molar-refractivity contribution in [1.82, 2.24) is 9.97 Å². The molecule has 0 aromatic carbocycles. The molecule has 0 radical (unpaired) electrons. The van der Waals surface area contributed by atoms with Crippen molar-refractivity contribution < 1.29 is 31.3 Å². The quantitative estimate of drug-likeness (QED) is 0.332. The number of nitrogens with zero attached hydrogens (tertiary/aromatic N) is 1. The van der Waals surface area contributed by atoms with Gasteiger partial charge in [-0.1, -0.05) is 0 Å². The molecule has 0 atom stereocenters. The SMILES string of the molecule is [Cl-].[Li+].c1c[nH]cn1. The molecule has 0 fully saturated rings. The minimum absolute atomic E-state index is 0. The molecule has 34 valence electrons. The van der Waals surface area contributed by atoms with Gasteiger partial charge in [-0.3, -0.25) is 0 Å². The molecule has 0 amide bonds. The molecule has 0 saturated heterocycles. The van der Waals surface area contributed by atoms with Gasteiger partial charge in [0.1, 0.15) is 0 Å². The van der Waals surface area contributed by atoms with Crippen molar-refractivity contribution in [3.05, 3.63) is 18.7 Å². The topological polar surface area (TPSA) is 28.7 Å². The average molecular weight is 110 g/mol. The summed E-state index contributed by atoms with van der Waals surface area (Å²) in [5.74, 6) is 0. The van der Waals surface area contributed by atoms with Crippen molar-refractivity contribution >= 4 is 0 Å². The van der Waals surface area contributed by atoms with Gasteiger partial charge in [0, 0.05) is 12.4 Å². The van der Waals surface area contributed by atoms with Gasteiger partial charge >= 0.3 is 18.9 Å². The summed E-state index contributed by atoms with van der Waals surface area (Å²) in [7, 11) is 0. The van der Waals surface area contributed by atoms with E-state index in [-0.39, 0.29) is 31.3 Å². The van der Waals surface area contributed by atoms with Crippen LogP contribution in [0.4, 0.5) is 0 Å². The van der Waals surface area contributed by atoms with E-state index < -0.39 is 0 Å². The van der Waals surface area contributed by atoms with E-state index in [9.17, 15) is 0 Å². The molecule has 0 aliphatic carbocycles. The summed E-state index contributed by atoms with van der Waals surface area (Å²) < 4.78 is 0. The number of halogens is 1. The minimum atomic E-state index is 0. The first-order valence-electron chi connectivity index (χ1n) is 1.43. The first-order chi connectivity index (χ1) is 2.50. The average Bonchev–Trinajstić information content (AvgIpc) is 1.76. The monoisotopic (exact) mass is 110 g/mol. The van der Waals surface area contributed by atoms with Gasteiger partial charge in [0.15, 0.2) is 0 Å². The Labute approximate surface area is 60.3 Å². The predicted molar refractivity (Wildman–Crippen MR) is 18.6 cm³/mol. The van der Waals surface area contributed by atoms with Crippen LogP contribution in [0, 0.1) is 0 Å². The second-order valence-electron chi connectivity index (χ2n) is 0.761. The normalized spacial score (nSPS) is 5.71. The van der Waals surface area contributed by atoms with E-state index in [1.165, 1.54) is 0 Å². The molecular weight excluding hydrogens is 106 g/mol. The number of aromatic amines is 1. The fourth-order valence-electron chi connectivity index (χ4n) is 0.215. The predicted octanol–water partition coefficient (Wildman–Crippen LogP) is -5.58. The van der Waals surface area contributed by atoms with Crippen LogP contribution in [0.3, 0.4) is 0 Å². The van der Waals surface area contributed by atoms with Crippen molar-refractivity contribution in [3.63, 3.8) is 0 Å². The van der Waals surface area contributed by atoms with Crippen LogP contribution in [0.5, 0.6) is 0 Å². The molecule has 1 N–H and O–H groups in total. The molecule has 0 saturated carbocycles. The van der Waals surface area contributed by atoms with Crippen LogP contribution in [-0.4, -0.2) is 9.97 Å². The Morgan fingerprint density at radius 1 is 1.43 bits per heavy atom. The second kappa shape index (κ2) is 6.10. The molecule has 1 aromatic rings. The molecule has 2 nitrogen and oxygen atoms in total. The molecule has 0 unspecified atom stereocenters. The minimum Gasteiger partial charge on any atom is -1.00 e. The summed E-state index contributed by atoms with van der Waals surface area (Å²) in [6.45, 7) is 0. The summed E-state index contributed by atoms with van der Waals surface area (Å²) in [5.41, 5.74) is 0. The summed E-state index contributed by atoms with van der Waals surface area (Å²) in [6, 6.07) is 0. The number of hydrogen-bond acceptors (Lipinski definition) is 1. The van der Waals surface area contributed by atoms with Crippen LogP contribution in [0.2, 0.25) is 0 Å². The molecule has 1 aromatic heterocycles. The van der Waals surface area contributed by atoms with Crippen LogP contribution in [0.25, 0.3) is 0 Å². The summed E-state index contributed by atoms with van der Waals surface area (Å²) in [4.78, 5) is 6.42. The van der Waals surface area contributed by atoms with E-state index in [0.717, 1.165) is 0 Å². The first kappa shape index (κ1) is 10.2. The molecule has 1 heterocycles. The zero-order chi connectivity index (χ0) is 3.54. The van der Waals surface area contributed by atoms with Crippen LogP contribution >= 0.6 is 0 Å². The van der Waals surface area contributed by atoms with Crippen LogP contribution in [0.1, 0.15) is 0 Å². The fourth-order valence-corrected chi connectivity index (χ4v) is 0.215. The van der Waals surface area contributed by atoms with Crippen molar-refractivity contribution in [1.29, 1.82) is 0 Å². The van der Waals surface area contributed by atoms with E-state index in [4.69, 9.17) is 0 Å². The molecule has 0 aliphatic heterocycles. The molecular formula is C3H4ClLiN2. The van der Waals surface area contributed by atoms with Gasteiger partial charge in [0.05, 0.1) is 6.33 Å². The number of aromatic nitrogens is 2. The molecule has 7 heavy (non-hydrogen) atoms. The number of H-pyrrole nitrogens is 1. The molecule has 4 heteroatoms. The Bertz CT molecular complexity index is 69.4. The van der Waals surface area contributed by atoms with E-state index in [2.05, 4.69) is 9.97 Å². The summed E-state index contributed by atoms with van der Waals surface area (Å²) in [5, 5.41) is 0. The van der Waals surface area contributed by atoms with Gasteiger partial charge in [-0.25, -0.2) is 4.98 Å². The maximum atomic E-state index is 3.67. The summed E-state index contributed by atoms with van der Waals surface area (Å²) in [6.07, 6.45) is 5.08. The van der Waals surface area contributed by atoms with Crippen LogP contribution < -0.4 is 31.3 Å². The van der Waals surface area contributed by atoms with Gasteiger partial charge in [0.25, 0.3) is 0 Å². The standard InChI is InChI=1S/C3H4N2.ClH.Li/c1-2-5-3-4-1;;/h1-3H,(H,4,5);1H;/q;;+1/p-1. The Hall–Kier alpha value is 0.0974. The number of imidazole rings is 1. The fraction of sp³-hybridized carbons (Fsp3) is 0. The molecule has 0 aliphatic rings.